The van der Waals surface area contributed by atoms with Gasteiger partial charge in [-0.25, -0.2) is 4.98 Å². The third-order valence-electron chi connectivity index (χ3n) is 1.78. The van der Waals surface area contributed by atoms with Crippen LogP contribution in [0.2, 0.25) is 0 Å². The predicted octanol–water partition coefficient (Wildman–Crippen LogP) is 1.63. The zero-order valence-corrected chi connectivity index (χ0v) is 7.64. The highest BCUT2D eigenvalue weighted by atomic mass is 32.1. The Morgan fingerprint density at radius 3 is 3.08 bits per heavy atom. The average molecular weight is 189 g/mol. The van der Waals surface area contributed by atoms with E-state index in [0.29, 0.717) is 11.6 Å². The first kappa shape index (κ1) is 8.17. The summed E-state index contributed by atoms with van der Waals surface area (Å²) in [5.74, 6) is 0. The lowest BCUT2D eigenvalue weighted by atomic mass is 10.2. The van der Waals surface area contributed by atoms with Gasteiger partial charge >= 0.3 is 0 Å². The van der Waals surface area contributed by atoms with Gasteiger partial charge < -0.3 is 5.73 Å². The van der Waals surface area contributed by atoms with Crippen LogP contribution >= 0.6 is 11.3 Å². The van der Waals surface area contributed by atoms with E-state index in [4.69, 9.17) is 11.0 Å². The van der Waals surface area contributed by atoms with Crippen LogP contribution in [0.15, 0.2) is 18.2 Å². The molecule has 1 heterocycles. The van der Waals surface area contributed by atoms with E-state index < -0.39 is 0 Å². The molecule has 0 bridgehead atoms. The molecule has 64 valence electrons. The number of nitrogens with two attached hydrogens (primary N) is 1. The smallest absolute Gasteiger partial charge is 0.195 e. The Kier molecular flexibility index (Phi) is 1.97. The highest BCUT2D eigenvalue weighted by Crippen LogP contribution is 2.22. The van der Waals surface area contributed by atoms with Crippen molar-refractivity contribution >= 4 is 21.6 Å². The van der Waals surface area contributed by atoms with Gasteiger partial charge in [0.1, 0.15) is 6.07 Å². The van der Waals surface area contributed by atoms with Crippen LogP contribution in [-0.2, 0) is 6.54 Å². The topological polar surface area (TPSA) is 62.7 Å². The van der Waals surface area contributed by atoms with Crippen LogP contribution in [0, 0.1) is 11.3 Å². The van der Waals surface area contributed by atoms with E-state index >= 15 is 0 Å². The standard InChI is InChI=1S/C9H7N3S/c10-4-6-1-2-7-8(3-6)13-9(5-11)12-7/h1-3H,4,10H2. The molecule has 0 aliphatic carbocycles. The molecule has 0 fully saturated rings. The first-order valence-corrected chi connectivity index (χ1v) is 4.65. The lowest BCUT2D eigenvalue weighted by Crippen LogP contribution is -1.94. The first-order chi connectivity index (χ1) is 6.33. The third-order valence-corrected chi connectivity index (χ3v) is 2.71. The zero-order chi connectivity index (χ0) is 9.26. The molecule has 0 aliphatic rings. The Balaban J connectivity index is 2.65. The summed E-state index contributed by atoms with van der Waals surface area (Å²) in [5.41, 5.74) is 7.44. The molecule has 1 aromatic carbocycles. The molecular formula is C9H7N3S. The van der Waals surface area contributed by atoms with Crippen LogP contribution in [0.3, 0.4) is 0 Å². The van der Waals surface area contributed by atoms with Gasteiger partial charge in [-0.15, -0.1) is 11.3 Å². The fourth-order valence-corrected chi connectivity index (χ4v) is 1.97. The molecule has 1 aromatic heterocycles. The number of fused-ring (bicyclic) bond motifs is 1. The molecule has 13 heavy (non-hydrogen) atoms. The van der Waals surface area contributed by atoms with Gasteiger partial charge in [-0.05, 0) is 17.7 Å². The van der Waals surface area contributed by atoms with Crippen molar-refractivity contribution in [3.8, 4) is 6.07 Å². The van der Waals surface area contributed by atoms with Crippen LogP contribution in [0.5, 0.6) is 0 Å². The van der Waals surface area contributed by atoms with Crippen LogP contribution in [0.1, 0.15) is 10.6 Å². The Labute approximate surface area is 79.4 Å². The maximum Gasteiger partial charge on any atom is 0.195 e. The van der Waals surface area contributed by atoms with Gasteiger partial charge in [-0.3, -0.25) is 0 Å². The van der Waals surface area contributed by atoms with E-state index in [-0.39, 0.29) is 0 Å². The maximum atomic E-state index is 8.64. The highest BCUT2D eigenvalue weighted by molar-refractivity contribution is 7.19. The predicted molar refractivity (Wildman–Crippen MR) is 52.2 cm³/mol. The summed E-state index contributed by atoms with van der Waals surface area (Å²) in [7, 11) is 0. The number of nitriles is 1. The summed E-state index contributed by atoms with van der Waals surface area (Å²) in [6.45, 7) is 0.524. The number of hydrogen-bond acceptors (Lipinski definition) is 4. The third kappa shape index (κ3) is 1.39. The summed E-state index contributed by atoms with van der Waals surface area (Å²) >= 11 is 1.40. The summed E-state index contributed by atoms with van der Waals surface area (Å²) in [5, 5.41) is 9.14. The molecule has 0 unspecified atom stereocenters. The SMILES string of the molecule is N#Cc1nc2ccc(CN)cc2s1. The highest BCUT2D eigenvalue weighted by Gasteiger charge is 2.02. The lowest BCUT2D eigenvalue weighted by molar-refractivity contribution is 1.08. The minimum absolute atomic E-state index is 0.504. The number of thiazole rings is 1. The minimum Gasteiger partial charge on any atom is -0.326 e. The Morgan fingerprint density at radius 2 is 2.38 bits per heavy atom. The van der Waals surface area contributed by atoms with Gasteiger partial charge in [0.2, 0.25) is 0 Å². The molecule has 0 amide bonds. The second-order valence-electron chi connectivity index (χ2n) is 2.64. The minimum atomic E-state index is 0.504. The number of nitrogens with zero attached hydrogens (tertiary/aromatic N) is 2. The molecule has 0 aliphatic heterocycles. The Hall–Kier alpha value is -1.44. The normalized spacial score (nSPS) is 10.2. The number of benzene rings is 1. The molecule has 2 rings (SSSR count). The van der Waals surface area contributed by atoms with Crippen LogP contribution in [0.25, 0.3) is 10.2 Å². The fourth-order valence-electron chi connectivity index (χ4n) is 1.14. The number of hydrogen-bond donors (Lipinski definition) is 1. The molecule has 2 aromatic rings. The molecule has 0 atom stereocenters. The van der Waals surface area contributed by atoms with Gasteiger partial charge in [0.25, 0.3) is 0 Å². The van der Waals surface area contributed by atoms with Crippen molar-refractivity contribution in [1.82, 2.24) is 4.98 Å². The van der Waals surface area contributed by atoms with E-state index in [1.54, 1.807) is 0 Å². The summed E-state index contributed by atoms with van der Waals surface area (Å²) in [6.07, 6.45) is 0. The van der Waals surface area contributed by atoms with E-state index in [0.717, 1.165) is 15.8 Å². The van der Waals surface area contributed by atoms with Gasteiger partial charge in [0.15, 0.2) is 5.01 Å². The largest absolute Gasteiger partial charge is 0.326 e. The van der Waals surface area contributed by atoms with Crippen molar-refractivity contribution in [1.29, 1.82) is 5.26 Å². The molecule has 0 spiro atoms. The van der Waals surface area contributed by atoms with Crippen molar-refractivity contribution < 1.29 is 0 Å². The average Bonchev–Trinajstić information content (AvgIpc) is 2.58. The van der Waals surface area contributed by atoms with Crippen LogP contribution in [0.4, 0.5) is 0 Å². The second-order valence-corrected chi connectivity index (χ2v) is 3.67. The molecule has 2 N–H and O–H groups in total. The molecule has 0 radical (unpaired) electrons. The Morgan fingerprint density at radius 1 is 1.54 bits per heavy atom. The summed E-state index contributed by atoms with van der Waals surface area (Å²) in [4.78, 5) is 4.12. The lowest BCUT2D eigenvalue weighted by Gasteiger charge is -1.93. The molecular weight excluding hydrogens is 182 g/mol. The maximum absolute atomic E-state index is 8.64. The van der Waals surface area contributed by atoms with E-state index in [2.05, 4.69) is 4.98 Å². The second kappa shape index (κ2) is 3.13. The van der Waals surface area contributed by atoms with Gasteiger partial charge in [-0.1, -0.05) is 6.07 Å². The molecule has 3 nitrogen and oxygen atoms in total. The number of rotatable bonds is 1. The number of aromatic nitrogens is 1. The quantitative estimate of drug-likeness (QED) is 0.741. The van der Waals surface area contributed by atoms with Crippen molar-refractivity contribution in [3.63, 3.8) is 0 Å². The van der Waals surface area contributed by atoms with Crippen molar-refractivity contribution in [3.05, 3.63) is 28.8 Å². The van der Waals surface area contributed by atoms with Crippen LogP contribution in [-0.4, -0.2) is 4.98 Å². The van der Waals surface area contributed by atoms with Gasteiger partial charge in [0.05, 0.1) is 10.2 Å². The Bertz CT molecular complexity index is 481. The van der Waals surface area contributed by atoms with Crippen molar-refractivity contribution in [2.24, 2.45) is 5.73 Å². The molecule has 4 heteroatoms. The van der Waals surface area contributed by atoms with E-state index in [1.165, 1.54) is 11.3 Å². The summed E-state index contributed by atoms with van der Waals surface area (Å²) < 4.78 is 1.03. The van der Waals surface area contributed by atoms with Crippen molar-refractivity contribution in [2.75, 3.05) is 0 Å². The van der Waals surface area contributed by atoms with E-state index in [1.807, 2.05) is 24.3 Å². The molecule has 0 saturated heterocycles. The van der Waals surface area contributed by atoms with Crippen molar-refractivity contribution in [2.45, 2.75) is 6.54 Å². The fraction of sp³-hybridized carbons (Fsp3) is 0.111. The molecule has 0 saturated carbocycles. The van der Waals surface area contributed by atoms with Gasteiger partial charge in [-0.2, -0.15) is 5.26 Å². The van der Waals surface area contributed by atoms with Crippen LogP contribution < -0.4 is 5.73 Å². The first-order valence-electron chi connectivity index (χ1n) is 3.83. The summed E-state index contributed by atoms with van der Waals surface area (Å²) in [6, 6.07) is 7.84. The van der Waals surface area contributed by atoms with Gasteiger partial charge in [0, 0.05) is 6.54 Å². The zero-order valence-electron chi connectivity index (χ0n) is 6.82. The monoisotopic (exact) mass is 189 g/mol. The van der Waals surface area contributed by atoms with E-state index in [9.17, 15) is 0 Å².